The molecule has 3 rings (SSSR count). The van der Waals surface area contributed by atoms with Crippen molar-refractivity contribution in [1.82, 2.24) is 19.4 Å². The molecule has 216 valence electrons. The number of carboxylic acid groups (broad SMARTS) is 1. The second-order valence-corrected chi connectivity index (χ2v) is 11.6. The second-order valence-electron chi connectivity index (χ2n) is 9.73. The summed E-state index contributed by atoms with van der Waals surface area (Å²) in [6.07, 6.45) is -0.642. The number of hydrogen-bond donors (Lipinski definition) is 2. The van der Waals surface area contributed by atoms with Crippen molar-refractivity contribution in [1.29, 1.82) is 0 Å². The van der Waals surface area contributed by atoms with Gasteiger partial charge in [0, 0.05) is 32.7 Å². The Balaban J connectivity index is 0.000000638. The molecule has 9 nitrogen and oxygen atoms in total. The molecule has 1 aromatic rings. The topological polar surface area (TPSA) is 110 Å². The van der Waals surface area contributed by atoms with Crippen LogP contribution in [0.2, 0.25) is 0 Å². The lowest BCUT2D eigenvalue weighted by molar-refractivity contribution is -0.192. The number of hydrogen-bond acceptors (Lipinski definition) is 6. The van der Waals surface area contributed by atoms with Gasteiger partial charge in [0.15, 0.2) is 0 Å². The van der Waals surface area contributed by atoms with E-state index in [0.717, 1.165) is 55.8 Å². The number of nitrogens with zero attached hydrogens (tertiary/aromatic N) is 3. The molecule has 1 aromatic carbocycles. The molecule has 38 heavy (non-hydrogen) atoms. The summed E-state index contributed by atoms with van der Waals surface area (Å²) < 4.78 is 60.4. The van der Waals surface area contributed by atoms with Gasteiger partial charge in [-0.25, -0.2) is 13.2 Å². The van der Waals surface area contributed by atoms with Gasteiger partial charge in [0.25, 0.3) is 0 Å². The predicted molar refractivity (Wildman–Crippen MR) is 137 cm³/mol. The molecule has 0 bridgehead atoms. The average Bonchev–Trinajstić information content (AvgIpc) is 2.86. The smallest absolute Gasteiger partial charge is 0.475 e. The van der Waals surface area contributed by atoms with Crippen LogP contribution in [0.15, 0.2) is 17.0 Å². The number of rotatable bonds is 8. The number of piperazine rings is 1. The molecule has 0 saturated carbocycles. The van der Waals surface area contributed by atoms with Crippen molar-refractivity contribution in [2.45, 2.75) is 57.5 Å². The maximum atomic E-state index is 13.6. The van der Waals surface area contributed by atoms with Crippen molar-refractivity contribution >= 4 is 21.9 Å². The van der Waals surface area contributed by atoms with Crippen LogP contribution in [-0.2, 0) is 19.6 Å². The van der Waals surface area contributed by atoms with Gasteiger partial charge < -0.3 is 20.2 Å². The number of benzene rings is 1. The third-order valence-corrected chi connectivity index (χ3v) is 8.75. The van der Waals surface area contributed by atoms with Crippen molar-refractivity contribution in [3.05, 3.63) is 28.8 Å². The van der Waals surface area contributed by atoms with Crippen LogP contribution in [0.5, 0.6) is 0 Å². The summed E-state index contributed by atoms with van der Waals surface area (Å²) in [7, 11) is -3.76. The molecule has 2 saturated heterocycles. The highest BCUT2D eigenvalue weighted by atomic mass is 32.2. The average molecular weight is 565 g/mol. The summed E-state index contributed by atoms with van der Waals surface area (Å²) in [6, 6.07) is 3.68. The number of sulfonamides is 1. The minimum Gasteiger partial charge on any atom is -0.475 e. The molecule has 0 radical (unpaired) electrons. The third-order valence-electron chi connectivity index (χ3n) is 6.76. The highest BCUT2D eigenvalue weighted by Crippen LogP contribution is 2.24. The number of carbonyl (C=O) groups excluding carboxylic acids is 1. The molecule has 1 amide bonds. The Morgan fingerprint density at radius 2 is 1.53 bits per heavy atom. The maximum absolute atomic E-state index is 13.6. The number of alkyl halides is 3. The fourth-order valence-corrected chi connectivity index (χ4v) is 6.17. The van der Waals surface area contributed by atoms with Gasteiger partial charge in [0.05, 0.1) is 11.4 Å². The van der Waals surface area contributed by atoms with Crippen LogP contribution in [0.25, 0.3) is 0 Å². The van der Waals surface area contributed by atoms with Gasteiger partial charge in [-0.1, -0.05) is 12.5 Å². The van der Waals surface area contributed by atoms with E-state index in [2.05, 4.69) is 10.2 Å². The molecule has 2 heterocycles. The van der Waals surface area contributed by atoms with E-state index in [9.17, 15) is 26.4 Å². The van der Waals surface area contributed by atoms with E-state index in [1.807, 2.05) is 26.8 Å². The quantitative estimate of drug-likeness (QED) is 0.499. The van der Waals surface area contributed by atoms with Crippen LogP contribution < -0.4 is 5.32 Å². The number of piperidine rings is 1. The first-order valence-corrected chi connectivity index (χ1v) is 14.3. The maximum Gasteiger partial charge on any atom is 0.490 e. The van der Waals surface area contributed by atoms with Gasteiger partial charge in [-0.3, -0.25) is 4.79 Å². The Morgan fingerprint density at radius 3 is 2.08 bits per heavy atom. The monoisotopic (exact) mass is 564 g/mol. The zero-order valence-electron chi connectivity index (χ0n) is 22.3. The second kappa shape index (κ2) is 14.2. The summed E-state index contributed by atoms with van der Waals surface area (Å²) in [5.41, 5.74) is 2.76. The van der Waals surface area contributed by atoms with Gasteiger partial charge in [0.2, 0.25) is 15.9 Å². The number of carboxylic acids is 1. The summed E-state index contributed by atoms with van der Waals surface area (Å²) >= 11 is 0. The minimum atomic E-state index is -5.08. The SMILES string of the molecule is Cc1cc(C)c(S(=O)(=O)N(CCCN2CCCCC2)CC(=O)N2CCNCC2)cc1C.O=C(O)C(F)(F)F. The van der Waals surface area contributed by atoms with E-state index in [-0.39, 0.29) is 12.5 Å². The van der Waals surface area contributed by atoms with E-state index in [0.29, 0.717) is 24.5 Å². The van der Waals surface area contributed by atoms with Crippen LogP contribution in [0.1, 0.15) is 42.4 Å². The lowest BCUT2D eigenvalue weighted by atomic mass is 10.1. The zero-order chi connectivity index (χ0) is 28.5. The van der Waals surface area contributed by atoms with E-state index >= 15 is 0 Å². The van der Waals surface area contributed by atoms with E-state index in [4.69, 9.17) is 9.90 Å². The van der Waals surface area contributed by atoms with Crippen LogP contribution >= 0.6 is 0 Å². The number of amides is 1. The molecule has 2 N–H and O–H groups in total. The van der Waals surface area contributed by atoms with Gasteiger partial charge in [-0.15, -0.1) is 0 Å². The Kier molecular flexibility index (Phi) is 12.0. The van der Waals surface area contributed by atoms with Crippen molar-refractivity contribution in [3.63, 3.8) is 0 Å². The van der Waals surface area contributed by atoms with Gasteiger partial charge >= 0.3 is 12.1 Å². The van der Waals surface area contributed by atoms with Gasteiger partial charge in [0.1, 0.15) is 0 Å². The minimum absolute atomic E-state index is 0.0886. The van der Waals surface area contributed by atoms with Crippen molar-refractivity contribution in [3.8, 4) is 0 Å². The Bertz CT molecular complexity index is 1050. The summed E-state index contributed by atoms with van der Waals surface area (Å²) in [4.78, 5) is 26.3. The van der Waals surface area contributed by atoms with Crippen LogP contribution in [0.3, 0.4) is 0 Å². The first kappa shape index (κ1) is 32.0. The number of likely N-dealkylation sites (tertiary alicyclic amines) is 1. The molecule has 0 aromatic heterocycles. The van der Waals surface area contributed by atoms with Gasteiger partial charge in [-0.2, -0.15) is 17.5 Å². The van der Waals surface area contributed by atoms with Gasteiger partial charge in [-0.05, 0) is 82.4 Å². The molecule has 2 aliphatic rings. The molecule has 2 fully saturated rings. The van der Waals surface area contributed by atoms with E-state index in [1.165, 1.54) is 23.6 Å². The fourth-order valence-electron chi connectivity index (χ4n) is 4.45. The molecular weight excluding hydrogens is 525 g/mol. The van der Waals surface area contributed by atoms with Crippen LogP contribution in [0.4, 0.5) is 13.2 Å². The summed E-state index contributed by atoms with van der Waals surface area (Å²) in [5, 5.41) is 10.4. The molecule has 0 unspecified atom stereocenters. The molecule has 13 heteroatoms. The third kappa shape index (κ3) is 9.51. The lowest BCUT2D eigenvalue weighted by Gasteiger charge is -2.31. The van der Waals surface area contributed by atoms with Crippen molar-refractivity contribution < 1.29 is 36.3 Å². The molecule has 2 aliphatic heterocycles. The van der Waals surface area contributed by atoms with Crippen molar-refractivity contribution in [2.75, 3.05) is 58.9 Å². The Labute approximate surface area is 223 Å². The van der Waals surface area contributed by atoms with Crippen molar-refractivity contribution in [2.24, 2.45) is 0 Å². The predicted octanol–water partition coefficient (Wildman–Crippen LogP) is 2.54. The highest BCUT2D eigenvalue weighted by Gasteiger charge is 2.38. The molecular formula is C25H39F3N4O5S. The van der Waals surface area contributed by atoms with Crippen LogP contribution in [0, 0.1) is 20.8 Å². The number of aliphatic carboxylic acids is 1. The highest BCUT2D eigenvalue weighted by molar-refractivity contribution is 7.89. The lowest BCUT2D eigenvalue weighted by Crippen LogP contribution is -2.50. The fraction of sp³-hybridized carbons (Fsp3) is 0.680. The molecule has 0 atom stereocenters. The first-order chi connectivity index (χ1) is 17.7. The van der Waals surface area contributed by atoms with E-state index < -0.39 is 22.2 Å². The van der Waals surface area contributed by atoms with E-state index in [1.54, 1.807) is 11.0 Å². The largest absolute Gasteiger partial charge is 0.490 e. The molecule has 0 spiro atoms. The number of halogens is 3. The molecule has 0 aliphatic carbocycles. The zero-order valence-corrected chi connectivity index (χ0v) is 23.1. The Hall–Kier alpha value is -2.22. The normalized spacial score (nSPS) is 17.2. The number of carbonyl (C=O) groups is 2. The van der Waals surface area contributed by atoms with Crippen LogP contribution in [-0.4, -0.2) is 105 Å². The number of aryl methyl sites for hydroxylation is 3. The first-order valence-electron chi connectivity index (χ1n) is 12.8. The number of nitrogens with one attached hydrogen (secondary N) is 1. The standard InChI is InChI=1S/C23H38N4O3S.C2HF3O2/c1-19-16-21(3)22(17-20(19)2)31(29,30)27(13-7-12-25-10-5-4-6-11-25)18-23(28)26-14-8-24-9-15-26;3-2(4,5)1(6)7/h16-17,24H,4-15,18H2,1-3H3;(H,6,7). The summed E-state index contributed by atoms with van der Waals surface area (Å²) in [6.45, 7) is 11.8. The summed E-state index contributed by atoms with van der Waals surface area (Å²) in [5.74, 6) is -2.86. The Morgan fingerprint density at radius 1 is 0.974 bits per heavy atom.